The molecule has 53 heavy (non-hydrogen) atoms. The van der Waals surface area contributed by atoms with Crippen molar-refractivity contribution in [2.45, 2.75) is 0 Å². The molecule has 0 atom stereocenters. The number of thiophene rings is 1. The topological polar surface area (TPSA) is 104 Å². The second-order valence-electron chi connectivity index (χ2n) is 12.9. The molecule has 8 aromatic carbocycles. The van der Waals surface area contributed by atoms with Gasteiger partial charge in [-0.1, -0.05) is 109 Å². The zero-order valence-electron chi connectivity index (χ0n) is 28.1. The molecule has 7 heteroatoms. The molecule has 0 aliphatic rings. The maximum atomic E-state index is 10.6. The molecule has 0 saturated carbocycles. The zero-order valence-corrected chi connectivity index (χ0v) is 28.9. The lowest BCUT2D eigenvalue weighted by molar-refractivity contribution is 0.330. The highest BCUT2D eigenvalue weighted by Crippen LogP contribution is 2.55. The van der Waals surface area contributed by atoms with E-state index in [1.54, 1.807) is 23.5 Å². The van der Waals surface area contributed by atoms with Crippen LogP contribution >= 0.6 is 11.3 Å². The van der Waals surface area contributed by atoms with E-state index in [9.17, 15) is 25.5 Å². The second-order valence-corrected chi connectivity index (χ2v) is 14.0. The Labute approximate surface area is 308 Å². The Morgan fingerprint density at radius 3 is 1.64 bits per heavy atom. The lowest BCUT2D eigenvalue weighted by atomic mass is 9.95. The van der Waals surface area contributed by atoms with Crippen molar-refractivity contribution in [3.8, 4) is 62.1 Å². The highest BCUT2D eigenvalue weighted by atomic mass is 32.1. The van der Waals surface area contributed by atoms with Crippen LogP contribution in [-0.4, -0.2) is 25.5 Å². The Bertz CT molecular complexity index is 2800. The molecule has 0 aliphatic heterocycles. The van der Waals surface area contributed by atoms with Gasteiger partial charge in [-0.25, -0.2) is 0 Å². The minimum absolute atomic E-state index is 0.166. The third kappa shape index (κ3) is 5.34. The van der Waals surface area contributed by atoms with Crippen LogP contribution in [-0.2, 0) is 0 Å². The van der Waals surface area contributed by atoms with Crippen LogP contribution in [0.15, 0.2) is 158 Å². The first-order chi connectivity index (χ1) is 25.9. The third-order valence-corrected chi connectivity index (χ3v) is 11.0. The number of para-hydroxylation sites is 1. The van der Waals surface area contributed by atoms with Gasteiger partial charge in [0.15, 0.2) is 11.5 Å². The molecule has 0 aliphatic carbocycles. The van der Waals surface area contributed by atoms with Gasteiger partial charge in [0.25, 0.3) is 0 Å². The number of aromatic hydroxyl groups is 5. The first-order valence-corrected chi connectivity index (χ1v) is 17.9. The second kappa shape index (κ2) is 12.7. The number of nitrogens with zero attached hydrogens (tertiary/aromatic N) is 1. The van der Waals surface area contributed by atoms with Crippen molar-refractivity contribution in [1.82, 2.24) is 0 Å². The molecule has 0 spiro atoms. The number of phenolic OH excluding ortho intramolecular Hbond substituents is 5. The Kier molecular flexibility index (Phi) is 7.64. The number of rotatable bonds is 6. The van der Waals surface area contributed by atoms with Crippen molar-refractivity contribution in [3.05, 3.63) is 158 Å². The van der Waals surface area contributed by atoms with E-state index >= 15 is 0 Å². The highest BCUT2D eigenvalue weighted by molar-refractivity contribution is 7.25. The number of fused-ring (bicyclic) bond motifs is 4. The van der Waals surface area contributed by atoms with Gasteiger partial charge in [0.05, 0.1) is 11.3 Å². The smallest absolute Gasteiger partial charge is 0.208 e. The van der Waals surface area contributed by atoms with E-state index < -0.39 is 28.7 Å². The van der Waals surface area contributed by atoms with E-state index in [2.05, 4.69) is 132 Å². The van der Waals surface area contributed by atoms with Crippen molar-refractivity contribution in [2.24, 2.45) is 0 Å². The summed E-state index contributed by atoms with van der Waals surface area (Å²) in [7, 11) is 0. The SMILES string of the molecule is Oc1c(O)c(O)c(-c2ccc3c(c2)sc2ccc(-c4ccc(N(c5ccccc5)c5ccc(-c6ccccc6)cc5)c5ccccc45)cc23)c(O)c1O. The van der Waals surface area contributed by atoms with Gasteiger partial charge in [-0.2, -0.15) is 0 Å². The number of benzene rings is 8. The van der Waals surface area contributed by atoms with Gasteiger partial charge in [0, 0.05) is 36.9 Å². The van der Waals surface area contributed by atoms with E-state index in [4.69, 9.17) is 0 Å². The highest BCUT2D eigenvalue weighted by Gasteiger charge is 2.25. The fraction of sp³-hybridized carbons (Fsp3) is 0. The standard InChI is InChI=1S/C46H31NO5S/c48-42-41(43(49)45(51)46(52)44(42)50)30-17-21-36-37-25-29(18-24-39(37)53-40(36)26-30)33-22-23-38(35-14-8-7-13-34(33)35)47(31-11-5-2-6-12-31)32-19-15-28(16-20-32)27-9-3-1-4-10-27/h1-26,48-52H. The average Bonchev–Trinajstić information content (AvgIpc) is 3.58. The van der Waals surface area contributed by atoms with Crippen LogP contribution in [0, 0.1) is 0 Å². The Balaban J connectivity index is 1.15. The van der Waals surface area contributed by atoms with Crippen molar-refractivity contribution < 1.29 is 25.5 Å². The first kappa shape index (κ1) is 32.0. The molecule has 1 aromatic heterocycles. The van der Waals surface area contributed by atoms with Gasteiger partial charge in [-0.05, 0) is 81.7 Å². The summed E-state index contributed by atoms with van der Waals surface area (Å²) in [6.45, 7) is 0. The fourth-order valence-electron chi connectivity index (χ4n) is 7.23. The maximum absolute atomic E-state index is 10.6. The summed E-state index contributed by atoms with van der Waals surface area (Å²) in [4.78, 5) is 2.30. The predicted molar refractivity (Wildman–Crippen MR) is 216 cm³/mol. The molecule has 0 unspecified atom stereocenters. The molecule has 0 radical (unpaired) electrons. The summed E-state index contributed by atoms with van der Waals surface area (Å²) in [5.41, 5.74) is 7.88. The molecule has 0 bridgehead atoms. The van der Waals surface area contributed by atoms with Crippen LogP contribution in [0.3, 0.4) is 0 Å². The van der Waals surface area contributed by atoms with Crippen molar-refractivity contribution in [1.29, 1.82) is 0 Å². The van der Waals surface area contributed by atoms with Crippen LogP contribution in [0.5, 0.6) is 28.7 Å². The van der Waals surface area contributed by atoms with Crippen LogP contribution in [0.1, 0.15) is 0 Å². The molecule has 1 heterocycles. The zero-order chi connectivity index (χ0) is 36.2. The van der Waals surface area contributed by atoms with E-state index in [0.29, 0.717) is 5.56 Å². The van der Waals surface area contributed by atoms with Gasteiger partial charge < -0.3 is 30.4 Å². The summed E-state index contributed by atoms with van der Waals surface area (Å²) in [6.07, 6.45) is 0. The molecule has 0 fully saturated rings. The fourth-order valence-corrected chi connectivity index (χ4v) is 8.35. The largest absolute Gasteiger partial charge is 0.504 e. The molecule has 0 saturated heterocycles. The molecule has 5 N–H and O–H groups in total. The summed E-state index contributed by atoms with van der Waals surface area (Å²) >= 11 is 1.56. The molecule has 256 valence electrons. The Hall–Kier alpha value is -6.96. The summed E-state index contributed by atoms with van der Waals surface area (Å²) < 4.78 is 1.94. The van der Waals surface area contributed by atoms with E-state index in [1.807, 2.05) is 18.2 Å². The van der Waals surface area contributed by atoms with Crippen LogP contribution in [0.2, 0.25) is 0 Å². The first-order valence-electron chi connectivity index (χ1n) is 17.1. The summed E-state index contributed by atoms with van der Waals surface area (Å²) in [6, 6.07) is 54.2. The number of phenols is 5. The van der Waals surface area contributed by atoms with Crippen molar-refractivity contribution >= 4 is 59.3 Å². The van der Waals surface area contributed by atoms with E-state index in [-0.39, 0.29) is 5.56 Å². The minimum Gasteiger partial charge on any atom is -0.504 e. The van der Waals surface area contributed by atoms with E-state index in [1.165, 1.54) is 5.56 Å². The minimum atomic E-state index is -0.981. The normalized spacial score (nSPS) is 11.4. The third-order valence-electron chi connectivity index (χ3n) is 9.83. The molecule has 0 amide bonds. The van der Waals surface area contributed by atoms with E-state index in [0.717, 1.165) is 64.7 Å². The molecule has 6 nitrogen and oxygen atoms in total. The quantitative estimate of drug-likeness (QED) is 0.0870. The van der Waals surface area contributed by atoms with Gasteiger partial charge in [-0.3, -0.25) is 0 Å². The maximum Gasteiger partial charge on any atom is 0.208 e. The monoisotopic (exact) mass is 709 g/mol. The molecule has 9 rings (SSSR count). The molecule has 9 aromatic rings. The van der Waals surface area contributed by atoms with Gasteiger partial charge >= 0.3 is 0 Å². The van der Waals surface area contributed by atoms with Gasteiger partial charge in [-0.15, -0.1) is 11.3 Å². The summed E-state index contributed by atoms with van der Waals surface area (Å²) in [5.74, 6) is -4.22. The van der Waals surface area contributed by atoms with Crippen LogP contribution < -0.4 is 4.90 Å². The lowest BCUT2D eigenvalue weighted by Crippen LogP contribution is -2.10. The Morgan fingerprint density at radius 2 is 0.925 bits per heavy atom. The molecular weight excluding hydrogens is 679 g/mol. The molecular formula is C46H31NO5S. The predicted octanol–water partition coefficient (Wildman–Crippen LogP) is 12.2. The number of anilines is 3. The van der Waals surface area contributed by atoms with Crippen molar-refractivity contribution in [3.63, 3.8) is 0 Å². The van der Waals surface area contributed by atoms with Crippen LogP contribution in [0.4, 0.5) is 17.1 Å². The average molecular weight is 710 g/mol. The van der Waals surface area contributed by atoms with Gasteiger partial charge in [0.1, 0.15) is 0 Å². The number of hydrogen-bond acceptors (Lipinski definition) is 7. The lowest BCUT2D eigenvalue weighted by Gasteiger charge is -2.27. The Morgan fingerprint density at radius 1 is 0.358 bits per heavy atom. The number of hydrogen-bond donors (Lipinski definition) is 5. The van der Waals surface area contributed by atoms with Crippen LogP contribution in [0.25, 0.3) is 64.3 Å². The van der Waals surface area contributed by atoms with Gasteiger partial charge in [0.2, 0.25) is 17.2 Å². The summed E-state index contributed by atoms with van der Waals surface area (Å²) in [5, 5.41) is 55.5. The van der Waals surface area contributed by atoms with Crippen molar-refractivity contribution in [2.75, 3.05) is 4.90 Å².